The average molecular weight is 1070 g/mol. The third-order valence-corrected chi connectivity index (χ3v) is 30.0. The molecule has 0 aliphatic carbocycles. The maximum atomic E-state index is 5.56. The molecule has 2 N–H and O–H groups in total. The van der Waals surface area contributed by atoms with Gasteiger partial charge in [-0.25, -0.2) is 9.97 Å². The molecule has 8 bridgehead atoms. The Morgan fingerprint density at radius 3 is 0.875 bits per heavy atom. The molecule has 0 fully saturated rings. The summed E-state index contributed by atoms with van der Waals surface area (Å²) >= 11 is 0. The number of nitrogens with zero attached hydrogens (tertiary/aromatic N) is 2. The number of benzene rings is 6. The molecule has 394 valence electrons. The normalized spacial score (nSPS) is 12.4. The monoisotopic (exact) mass is 1070 g/mol. The lowest BCUT2D eigenvalue weighted by Crippen LogP contribution is -2.43. The van der Waals surface area contributed by atoms with Gasteiger partial charge in [-0.1, -0.05) is 216 Å². The first-order chi connectivity index (χ1) is 38.6. The van der Waals surface area contributed by atoms with Gasteiger partial charge in [0, 0.05) is 11.1 Å². The number of aromatic nitrogens is 4. The molecule has 0 radical (unpaired) electrons. The van der Waals surface area contributed by atoms with E-state index in [1.165, 1.54) is 0 Å². The van der Waals surface area contributed by atoms with E-state index in [1.54, 1.807) is 0 Å². The Morgan fingerprint density at radius 2 is 0.562 bits per heavy atom. The van der Waals surface area contributed by atoms with Gasteiger partial charge in [0.25, 0.3) is 0 Å². The van der Waals surface area contributed by atoms with Gasteiger partial charge < -0.3 is 9.97 Å². The second-order valence-electron chi connectivity index (χ2n) is 23.7. The lowest BCUT2D eigenvalue weighted by molar-refractivity contribution is 0.838. The Morgan fingerprint density at radius 1 is 0.300 bits per heavy atom. The second kappa shape index (κ2) is 21.7. The van der Waals surface area contributed by atoms with Crippen molar-refractivity contribution in [2.45, 2.75) is 116 Å². The van der Waals surface area contributed by atoms with Crippen LogP contribution >= 0.6 is 0 Å². The van der Waals surface area contributed by atoms with E-state index in [2.05, 4.69) is 297 Å². The first-order valence-electron chi connectivity index (χ1n) is 28.7. The Kier molecular flexibility index (Phi) is 14.5. The van der Waals surface area contributed by atoms with Crippen molar-refractivity contribution in [3.05, 3.63) is 190 Å². The summed E-state index contributed by atoms with van der Waals surface area (Å²) in [6.07, 6.45) is 8.43. The van der Waals surface area contributed by atoms with Crippen LogP contribution in [0.1, 0.15) is 139 Å². The number of hydrogen-bond donors (Lipinski definition) is 2. The summed E-state index contributed by atoms with van der Waals surface area (Å²) in [4.78, 5) is 18.9. The van der Waals surface area contributed by atoms with Crippen LogP contribution in [0.25, 0.3) is 89.5 Å². The molecule has 9 aromatic rings. The Hall–Kier alpha value is -8.37. The molecule has 5 heterocycles. The number of fused-ring (bicyclic) bond motifs is 12. The molecule has 0 atom stereocenters. The largest absolute Gasteiger partial charge is 0.353 e. The summed E-state index contributed by atoms with van der Waals surface area (Å²) in [6, 6.07) is 47.3. The third-order valence-electron chi connectivity index (χ3n) is 17.5. The highest BCUT2D eigenvalue weighted by Crippen LogP contribution is 2.43. The zero-order valence-corrected chi connectivity index (χ0v) is 50.4. The molecule has 2 aliphatic rings. The quantitative estimate of drug-likeness (QED) is 0.0990. The molecule has 0 unspecified atom stereocenters. The van der Waals surface area contributed by atoms with E-state index in [1.807, 2.05) is 0 Å². The van der Waals surface area contributed by atoms with Gasteiger partial charge >= 0.3 is 0 Å². The lowest BCUT2D eigenvalue weighted by atomic mass is 9.97. The zero-order chi connectivity index (χ0) is 56.0. The maximum Gasteiger partial charge on any atom is 0.146 e. The third kappa shape index (κ3) is 9.52. The topological polar surface area (TPSA) is 57.4 Å². The van der Waals surface area contributed by atoms with Gasteiger partial charge in [-0.15, -0.1) is 11.1 Å². The van der Waals surface area contributed by atoms with Crippen molar-refractivity contribution in [3.8, 4) is 46.6 Å². The van der Waals surface area contributed by atoms with Crippen LogP contribution in [0.3, 0.4) is 0 Å². The Labute approximate surface area is 475 Å². The fourth-order valence-corrected chi connectivity index (χ4v) is 23.9. The molecule has 11 rings (SSSR count). The van der Waals surface area contributed by atoms with E-state index in [0.29, 0.717) is 33.2 Å². The van der Waals surface area contributed by atoms with Crippen molar-refractivity contribution in [1.29, 1.82) is 0 Å². The number of H-pyrrole nitrogens is 2. The van der Waals surface area contributed by atoms with Gasteiger partial charge in [0.15, 0.2) is 0 Å². The minimum Gasteiger partial charge on any atom is -0.353 e. The van der Waals surface area contributed by atoms with Crippen LogP contribution in [0.2, 0.25) is 33.2 Å². The molecule has 6 heteroatoms. The minimum atomic E-state index is -2.22. The molecule has 80 heavy (non-hydrogen) atoms. The smallest absolute Gasteiger partial charge is 0.146 e. The molecule has 2 aliphatic heterocycles. The summed E-state index contributed by atoms with van der Waals surface area (Å²) in [6.45, 7) is 28.4. The van der Waals surface area contributed by atoms with Gasteiger partial charge in [0.1, 0.15) is 16.1 Å². The summed E-state index contributed by atoms with van der Waals surface area (Å²) in [7, 11) is -4.43. The van der Waals surface area contributed by atoms with Gasteiger partial charge in [-0.05, 0) is 137 Å². The summed E-state index contributed by atoms with van der Waals surface area (Å²) in [5.41, 5.74) is 22.6. The first-order valence-corrected chi connectivity index (χ1v) is 33.1. The molecule has 0 spiro atoms. The highest BCUT2D eigenvalue weighted by Gasteiger charge is 2.43. The average Bonchev–Trinajstić information content (AvgIpc) is 4.30. The van der Waals surface area contributed by atoms with Crippen molar-refractivity contribution in [2.75, 3.05) is 0 Å². The van der Waals surface area contributed by atoms with E-state index in [4.69, 9.17) is 9.97 Å². The molecule has 0 amide bonds. The van der Waals surface area contributed by atoms with Crippen molar-refractivity contribution in [1.82, 2.24) is 19.9 Å². The van der Waals surface area contributed by atoms with Gasteiger partial charge in [-0.3, -0.25) is 0 Å². The number of nitrogens with one attached hydrogen (secondary N) is 2. The van der Waals surface area contributed by atoms with Crippen molar-refractivity contribution < 1.29 is 0 Å². The molecule has 4 nitrogen and oxygen atoms in total. The van der Waals surface area contributed by atoms with E-state index >= 15 is 0 Å². The van der Waals surface area contributed by atoms with E-state index < -0.39 is 16.1 Å². The second-order valence-corrected chi connectivity index (χ2v) is 34.8. The standard InChI is InChI=1S/C74H70N4Si2/c1-47(2)79(48(3)4,49(5)6)43-41-65-71-37-33-67(75-71)63(31-29-61-57-25-17-13-21-53(57)45-54-22-14-18-26-58(54)61)69-35-39-73(77-69)66(42-44-80(50(7)8,51(9)10)52(11)12)74-40-36-70(78-74)64(68-34-38-72(65)76-68)32-30-62-59-27-19-15-23-55(59)46-56-24-16-20-28-60(56)62/h13-28,33-40,45-52,75-76H,1-12H3. The molecule has 0 saturated heterocycles. The number of aromatic amines is 2. The molecular formula is C74H70N4Si2. The van der Waals surface area contributed by atoms with Crippen molar-refractivity contribution >= 4 is 106 Å². The van der Waals surface area contributed by atoms with Crippen LogP contribution in [0.15, 0.2) is 133 Å². The van der Waals surface area contributed by atoms with Crippen LogP contribution in [-0.2, 0) is 0 Å². The van der Waals surface area contributed by atoms with Gasteiger partial charge in [0.05, 0.1) is 67.1 Å². The van der Waals surface area contributed by atoms with E-state index in [-0.39, 0.29) is 0 Å². The van der Waals surface area contributed by atoms with E-state index in [0.717, 1.165) is 121 Å². The molecule has 6 aromatic carbocycles. The number of rotatable bonds is 6. The fourth-order valence-electron chi connectivity index (χ4n) is 13.5. The highest BCUT2D eigenvalue weighted by atomic mass is 28.3. The SMILES string of the molecule is CC(C)[Si](C#Cc1c2nc(c(C#Cc3c4ccccc4cc4ccccc34)c3ccc([nH]3)c(C#C[Si](C(C)C)(C(C)C)C(C)C)c3ccc([nH]3)c(C#Cc3c4ccccc4cc4ccccc34)c3nc1C=C3)C=C2)(C(C)C)C(C)C. The molecule has 0 saturated carbocycles. The minimum absolute atomic E-state index is 0.435. The fraction of sp³-hybridized carbons (Fsp3) is 0.243. The Bertz CT molecular complexity index is 4100. The van der Waals surface area contributed by atoms with Crippen LogP contribution in [0.5, 0.6) is 0 Å². The van der Waals surface area contributed by atoms with Crippen molar-refractivity contribution in [3.63, 3.8) is 0 Å². The summed E-state index contributed by atoms with van der Waals surface area (Å²) < 4.78 is 0. The van der Waals surface area contributed by atoms with Gasteiger partial charge in [-0.2, -0.15) is 0 Å². The Balaban J connectivity index is 1.28. The van der Waals surface area contributed by atoms with Gasteiger partial charge in [0.2, 0.25) is 0 Å². The van der Waals surface area contributed by atoms with Crippen LogP contribution in [0.4, 0.5) is 0 Å². The lowest BCUT2D eigenvalue weighted by Gasteiger charge is -2.38. The van der Waals surface area contributed by atoms with Crippen LogP contribution < -0.4 is 0 Å². The zero-order valence-electron chi connectivity index (χ0n) is 48.4. The van der Waals surface area contributed by atoms with E-state index in [9.17, 15) is 0 Å². The first kappa shape index (κ1) is 53.6. The summed E-state index contributed by atoms with van der Waals surface area (Å²) in [5.74, 6) is 22.8. The highest BCUT2D eigenvalue weighted by molar-refractivity contribution is 6.91. The predicted octanol–water partition coefficient (Wildman–Crippen LogP) is 19.2. The predicted molar refractivity (Wildman–Crippen MR) is 350 cm³/mol. The van der Waals surface area contributed by atoms with Crippen molar-refractivity contribution in [2.24, 2.45) is 0 Å². The molecule has 3 aromatic heterocycles. The molecular weight excluding hydrogens is 1000 g/mol. The number of hydrogen-bond acceptors (Lipinski definition) is 2. The maximum absolute atomic E-state index is 5.56. The van der Waals surface area contributed by atoms with Crippen LogP contribution in [-0.4, -0.2) is 36.1 Å². The summed E-state index contributed by atoms with van der Waals surface area (Å²) in [5, 5.41) is 9.05. The van der Waals surface area contributed by atoms with Crippen LogP contribution in [0, 0.1) is 46.6 Å².